The molecule has 3 aromatic rings. The molecule has 7 heteroatoms. The number of ether oxygens (including phenoxy) is 2. The predicted octanol–water partition coefficient (Wildman–Crippen LogP) is 2.85. The monoisotopic (exact) mass is 394 g/mol. The number of nitrogens with zero attached hydrogens (tertiary/aromatic N) is 3. The van der Waals surface area contributed by atoms with E-state index >= 15 is 0 Å². The highest BCUT2D eigenvalue weighted by Gasteiger charge is 2.08. The van der Waals surface area contributed by atoms with Gasteiger partial charge in [0.1, 0.15) is 5.75 Å². The van der Waals surface area contributed by atoms with Gasteiger partial charge >= 0.3 is 5.97 Å². The first-order chi connectivity index (χ1) is 14.2. The minimum atomic E-state index is -0.281. The second-order valence-electron chi connectivity index (χ2n) is 6.64. The van der Waals surface area contributed by atoms with Gasteiger partial charge < -0.3 is 14.8 Å². The number of esters is 1. The zero-order chi connectivity index (χ0) is 20.5. The van der Waals surface area contributed by atoms with Gasteiger partial charge in [0.25, 0.3) is 0 Å². The van der Waals surface area contributed by atoms with Crippen molar-refractivity contribution in [3.05, 3.63) is 71.5 Å². The summed E-state index contributed by atoms with van der Waals surface area (Å²) in [6.07, 6.45) is 1.65. The molecule has 0 aliphatic heterocycles. The number of rotatable bonds is 10. The molecule has 152 valence electrons. The van der Waals surface area contributed by atoms with Crippen LogP contribution in [0.4, 0.5) is 0 Å². The van der Waals surface area contributed by atoms with Crippen molar-refractivity contribution in [2.24, 2.45) is 0 Å². The van der Waals surface area contributed by atoms with E-state index < -0.39 is 0 Å². The van der Waals surface area contributed by atoms with E-state index in [4.69, 9.17) is 4.74 Å². The smallest absolute Gasteiger partial charge is 0.319 e. The highest BCUT2D eigenvalue weighted by atomic mass is 16.5. The van der Waals surface area contributed by atoms with Crippen molar-refractivity contribution in [3.8, 4) is 11.4 Å². The lowest BCUT2D eigenvalue weighted by molar-refractivity contribution is -0.139. The third-order valence-electron chi connectivity index (χ3n) is 4.42. The Labute approximate surface area is 170 Å². The minimum Gasteiger partial charge on any atom is -0.494 e. The van der Waals surface area contributed by atoms with E-state index in [-0.39, 0.29) is 12.5 Å². The molecule has 0 saturated carbocycles. The summed E-state index contributed by atoms with van der Waals surface area (Å²) in [5.41, 5.74) is 3.93. The Morgan fingerprint density at radius 2 is 1.93 bits per heavy atom. The summed E-state index contributed by atoms with van der Waals surface area (Å²) in [5.74, 6) is 0.531. The number of para-hydroxylation sites is 1. The number of carbonyl (C=O) groups is 1. The quantitative estimate of drug-likeness (QED) is 0.421. The Kier molecular flexibility index (Phi) is 7.35. The molecule has 1 aromatic heterocycles. The van der Waals surface area contributed by atoms with E-state index in [1.807, 2.05) is 61.5 Å². The maximum atomic E-state index is 11.1. The largest absolute Gasteiger partial charge is 0.494 e. The zero-order valence-corrected chi connectivity index (χ0v) is 16.8. The van der Waals surface area contributed by atoms with E-state index in [0.717, 1.165) is 41.2 Å². The Hall–Kier alpha value is -3.19. The maximum absolute atomic E-state index is 11.1. The second-order valence-corrected chi connectivity index (χ2v) is 6.64. The van der Waals surface area contributed by atoms with Crippen LogP contribution >= 0.6 is 0 Å². The number of hydrogen-bond acceptors (Lipinski definition) is 6. The average molecular weight is 394 g/mol. The predicted molar refractivity (Wildman–Crippen MR) is 110 cm³/mol. The van der Waals surface area contributed by atoms with Gasteiger partial charge in [-0.2, -0.15) is 15.0 Å². The molecular weight excluding hydrogens is 368 g/mol. The first-order valence-corrected chi connectivity index (χ1v) is 9.63. The first kappa shape index (κ1) is 20.5. The lowest BCUT2D eigenvalue weighted by Crippen LogP contribution is -2.23. The van der Waals surface area contributed by atoms with Crippen molar-refractivity contribution < 1.29 is 14.3 Å². The molecule has 0 aliphatic carbocycles. The fourth-order valence-corrected chi connectivity index (χ4v) is 2.87. The van der Waals surface area contributed by atoms with Gasteiger partial charge in [-0.1, -0.05) is 30.3 Å². The van der Waals surface area contributed by atoms with Crippen LogP contribution in [0.25, 0.3) is 5.69 Å². The molecule has 29 heavy (non-hydrogen) atoms. The van der Waals surface area contributed by atoms with Gasteiger partial charge in [-0.25, -0.2) is 0 Å². The number of benzene rings is 2. The molecule has 0 aliphatic rings. The fraction of sp³-hybridized carbons (Fsp3) is 0.318. The zero-order valence-electron chi connectivity index (χ0n) is 16.8. The summed E-state index contributed by atoms with van der Waals surface area (Å²) in [4.78, 5) is 12.8. The molecule has 7 nitrogen and oxygen atoms in total. The number of aromatic nitrogens is 3. The van der Waals surface area contributed by atoms with Gasteiger partial charge in [0.2, 0.25) is 0 Å². The van der Waals surface area contributed by atoms with Crippen LogP contribution < -0.4 is 10.1 Å². The lowest BCUT2D eigenvalue weighted by Gasteiger charge is -2.08. The molecule has 3 rings (SSSR count). The Balaban J connectivity index is 1.45. The minimum absolute atomic E-state index is 0.185. The van der Waals surface area contributed by atoms with Gasteiger partial charge in [0, 0.05) is 6.54 Å². The fourth-order valence-electron chi connectivity index (χ4n) is 2.87. The van der Waals surface area contributed by atoms with Crippen molar-refractivity contribution in [1.29, 1.82) is 0 Å². The SMILES string of the molecule is COC(=O)CNCc1cccc(OCCCc2nn(-c3ccccc3)nc2C)c1. The van der Waals surface area contributed by atoms with Gasteiger partial charge in [-0.05, 0) is 49.6 Å². The van der Waals surface area contributed by atoms with Crippen LogP contribution in [0.5, 0.6) is 5.75 Å². The van der Waals surface area contributed by atoms with Crippen LogP contribution in [0, 0.1) is 6.92 Å². The number of nitrogens with one attached hydrogen (secondary N) is 1. The molecule has 0 bridgehead atoms. The average Bonchev–Trinajstić information content (AvgIpc) is 3.12. The standard InChI is InChI=1S/C22H26N4O3/c1-17-21(25-26(24-17)19-9-4-3-5-10-19)12-7-13-29-20-11-6-8-18(14-20)15-23-16-22(27)28-2/h3-6,8-11,14,23H,7,12-13,15-16H2,1-2H3. The Morgan fingerprint density at radius 3 is 2.72 bits per heavy atom. The number of hydrogen-bond donors (Lipinski definition) is 1. The van der Waals surface area contributed by atoms with Crippen LogP contribution in [0.3, 0.4) is 0 Å². The Morgan fingerprint density at radius 1 is 1.10 bits per heavy atom. The first-order valence-electron chi connectivity index (χ1n) is 9.63. The van der Waals surface area contributed by atoms with E-state index in [1.165, 1.54) is 7.11 Å². The molecule has 0 spiro atoms. The van der Waals surface area contributed by atoms with Crippen LogP contribution in [-0.2, 0) is 22.5 Å². The summed E-state index contributed by atoms with van der Waals surface area (Å²) < 4.78 is 10.5. The van der Waals surface area contributed by atoms with Gasteiger partial charge in [-0.15, -0.1) is 0 Å². The molecule has 2 aromatic carbocycles. The van der Waals surface area contributed by atoms with Crippen LogP contribution in [-0.4, -0.2) is 41.2 Å². The maximum Gasteiger partial charge on any atom is 0.319 e. The summed E-state index contributed by atoms with van der Waals surface area (Å²) in [6.45, 7) is 3.34. The van der Waals surface area contributed by atoms with E-state index in [1.54, 1.807) is 4.80 Å². The number of methoxy groups -OCH3 is 1. The van der Waals surface area contributed by atoms with Crippen molar-refractivity contribution in [1.82, 2.24) is 20.3 Å². The normalized spacial score (nSPS) is 10.7. The van der Waals surface area contributed by atoms with Crippen LogP contribution in [0.2, 0.25) is 0 Å². The van der Waals surface area contributed by atoms with Crippen molar-refractivity contribution in [3.63, 3.8) is 0 Å². The van der Waals surface area contributed by atoms with Gasteiger partial charge in [-0.3, -0.25) is 4.79 Å². The van der Waals surface area contributed by atoms with Crippen molar-refractivity contribution >= 4 is 5.97 Å². The highest BCUT2D eigenvalue weighted by Crippen LogP contribution is 2.15. The number of carbonyl (C=O) groups excluding carboxylic acids is 1. The van der Waals surface area contributed by atoms with Crippen LogP contribution in [0.1, 0.15) is 23.4 Å². The molecule has 1 N–H and O–H groups in total. The molecule has 0 saturated heterocycles. The topological polar surface area (TPSA) is 78.3 Å². The van der Waals surface area contributed by atoms with Crippen molar-refractivity contribution in [2.75, 3.05) is 20.3 Å². The van der Waals surface area contributed by atoms with E-state index in [0.29, 0.717) is 13.2 Å². The lowest BCUT2D eigenvalue weighted by atomic mass is 10.2. The molecule has 0 unspecified atom stereocenters. The third kappa shape index (κ3) is 6.15. The molecule has 0 fully saturated rings. The van der Waals surface area contributed by atoms with E-state index in [9.17, 15) is 4.79 Å². The van der Waals surface area contributed by atoms with Gasteiger partial charge in [0.15, 0.2) is 0 Å². The summed E-state index contributed by atoms with van der Waals surface area (Å²) in [5, 5.41) is 12.1. The highest BCUT2D eigenvalue weighted by molar-refractivity contribution is 5.71. The van der Waals surface area contributed by atoms with Crippen molar-refractivity contribution in [2.45, 2.75) is 26.3 Å². The van der Waals surface area contributed by atoms with Gasteiger partial charge in [0.05, 0.1) is 37.3 Å². The van der Waals surface area contributed by atoms with Crippen LogP contribution in [0.15, 0.2) is 54.6 Å². The van der Waals surface area contributed by atoms with E-state index in [2.05, 4.69) is 20.3 Å². The summed E-state index contributed by atoms with van der Waals surface area (Å²) >= 11 is 0. The Bertz CT molecular complexity index is 925. The molecule has 0 radical (unpaired) electrons. The summed E-state index contributed by atoms with van der Waals surface area (Å²) in [6, 6.07) is 17.7. The third-order valence-corrected chi connectivity index (χ3v) is 4.42. The molecule has 1 heterocycles. The summed E-state index contributed by atoms with van der Waals surface area (Å²) in [7, 11) is 1.38. The molecule has 0 amide bonds. The second kappa shape index (κ2) is 10.4. The molecule has 0 atom stereocenters. The number of aryl methyl sites for hydroxylation is 2. The molecular formula is C22H26N4O3.